The van der Waals surface area contributed by atoms with E-state index in [4.69, 9.17) is 10.7 Å². The average molecular weight is 302 g/mol. The summed E-state index contributed by atoms with van der Waals surface area (Å²) in [7, 11) is 0. The molecule has 3 rings (SSSR count). The van der Waals surface area contributed by atoms with Crippen LogP contribution < -0.4 is 16.4 Å². The molecule has 3 heterocycles. The van der Waals surface area contributed by atoms with Crippen molar-refractivity contribution in [1.82, 2.24) is 19.9 Å². The van der Waals surface area contributed by atoms with Crippen LogP contribution in [0.25, 0.3) is 5.65 Å². The monoisotopic (exact) mass is 302 g/mol. The molecule has 0 amide bonds. The lowest BCUT2D eigenvalue weighted by molar-refractivity contribution is 0.289. The molecule has 1 unspecified atom stereocenters. The largest absolute Gasteiger partial charge is 0.383 e. The maximum Gasteiger partial charge on any atom is 0.163 e. The minimum atomic E-state index is 0.227. The highest BCUT2D eigenvalue weighted by Crippen LogP contribution is 2.24. The standard InChI is InChI=1S/C16H26N6/c1-10(2)12-9-19-22-13(17)7-14(21-15(12)22)20-11-5-6-16(3,4)18-8-11/h7,9-11,18H,5-6,8,17H2,1-4H3,(H,20,21). The van der Waals surface area contributed by atoms with Gasteiger partial charge in [0.2, 0.25) is 0 Å². The third-order valence-corrected chi connectivity index (χ3v) is 4.45. The number of nitrogens with one attached hydrogen (secondary N) is 2. The molecular weight excluding hydrogens is 276 g/mol. The van der Waals surface area contributed by atoms with Gasteiger partial charge in [0.25, 0.3) is 0 Å². The predicted octanol–water partition coefficient (Wildman–Crippen LogP) is 2.38. The van der Waals surface area contributed by atoms with Crippen molar-refractivity contribution in [2.24, 2.45) is 0 Å². The summed E-state index contributed by atoms with van der Waals surface area (Å²) in [6.45, 7) is 9.71. The smallest absolute Gasteiger partial charge is 0.163 e. The minimum absolute atomic E-state index is 0.227. The van der Waals surface area contributed by atoms with Gasteiger partial charge in [-0.1, -0.05) is 13.8 Å². The molecular formula is C16H26N6. The van der Waals surface area contributed by atoms with Crippen LogP contribution in [0.1, 0.15) is 52.0 Å². The highest BCUT2D eigenvalue weighted by atomic mass is 15.3. The minimum Gasteiger partial charge on any atom is -0.383 e. The van der Waals surface area contributed by atoms with Gasteiger partial charge in [-0.25, -0.2) is 4.98 Å². The van der Waals surface area contributed by atoms with E-state index in [1.165, 1.54) is 0 Å². The molecule has 0 bridgehead atoms. The first-order chi connectivity index (χ1) is 10.4. The lowest BCUT2D eigenvalue weighted by Crippen LogP contribution is -2.50. The maximum absolute atomic E-state index is 6.12. The second-order valence-electron chi connectivity index (χ2n) is 7.20. The summed E-state index contributed by atoms with van der Waals surface area (Å²) < 4.78 is 1.71. The molecule has 0 aromatic carbocycles. The summed E-state index contributed by atoms with van der Waals surface area (Å²) in [5.74, 6) is 1.82. The Morgan fingerprint density at radius 2 is 2.23 bits per heavy atom. The summed E-state index contributed by atoms with van der Waals surface area (Å²) in [6, 6.07) is 2.25. The SMILES string of the molecule is CC(C)c1cnn2c(N)cc(NC3CCC(C)(C)NC3)nc12. The molecule has 1 aliphatic heterocycles. The van der Waals surface area contributed by atoms with Crippen molar-refractivity contribution in [3.63, 3.8) is 0 Å². The second-order valence-corrected chi connectivity index (χ2v) is 7.20. The number of hydrogen-bond donors (Lipinski definition) is 3. The van der Waals surface area contributed by atoms with Crippen LogP contribution in [0.5, 0.6) is 0 Å². The molecule has 0 spiro atoms. The van der Waals surface area contributed by atoms with E-state index >= 15 is 0 Å². The predicted molar refractivity (Wildman–Crippen MR) is 90.2 cm³/mol. The van der Waals surface area contributed by atoms with Gasteiger partial charge in [-0.2, -0.15) is 9.61 Å². The van der Waals surface area contributed by atoms with Gasteiger partial charge >= 0.3 is 0 Å². The van der Waals surface area contributed by atoms with E-state index in [1.54, 1.807) is 4.52 Å². The number of aromatic nitrogens is 3. The third-order valence-electron chi connectivity index (χ3n) is 4.45. The van der Waals surface area contributed by atoms with Gasteiger partial charge in [0, 0.05) is 29.8 Å². The van der Waals surface area contributed by atoms with Crippen LogP contribution in [0.4, 0.5) is 11.6 Å². The van der Waals surface area contributed by atoms with Crippen molar-refractivity contribution in [2.45, 2.75) is 58.0 Å². The molecule has 6 nitrogen and oxygen atoms in total. The lowest BCUT2D eigenvalue weighted by Gasteiger charge is -2.36. The van der Waals surface area contributed by atoms with E-state index in [2.05, 4.69) is 43.4 Å². The topological polar surface area (TPSA) is 80.3 Å². The molecule has 2 aromatic heterocycles. The average Bonchev–Trinajstić information content (AvgIpc) is 2.86. The van der Waals surface area contributed by atoms with Gasteiger partial charge in [-0.3, -0.25) is 0 Å². The van der Waals surface area contributed by atoms with Crippen LogP contribution in [0, 0.1) is 0 Å². The Bertz CT molecular complexity index is 663. The number of fused-ring (bicyclic) bond motifs is 1. The fourth-order valence-corrected chi connectivity index (χ4v) is 2.94. The molecule has 0 aliphatic carbocycles. The van der Waals surface area contributed by atoms with E-state index in [-0.39, 0.29) is 5.54 Å². The van der Waals surface area contributed by atoms with E-state index in [9.17, 15) is 0 Å². The van der Waals surface area contributed by atoms with Crippen LogP contribution >= 0.6 is 0 Å². The van der Waals surface area contributed by atoms with Gasteiger partial charge in [0.05, 0.1) is 6.20 Å². The quantitative estimate of drug-likeness (QED) is 0.811. The summed E-state index contributed by atoms with van der Waals surface area (Å²) in [5, 5.41) is 11.4. The van der Waals surface area contributed by atoms with E-state index in [0.717, 1.165) is 36.4 Å². The Balaban J connectivity index is 1.84. The Morgan fingerprint density at radius 3 is 2.86 bits per heavy atom. The van der Waals surface area contributed by atoms with Gasteiger partial charge in [-0.05, 0) is 32.6 Å². The normalized spacial score (nSPS) is 21.4. The first kappa shape index (κ1) is 15.1. The van der Waals surface area contributed by atoms with E-state index in [1.807, 2.05) is 12.3 Å². The Morgan fingerprint density at radius 1 is 1.45 bits per heavy atom. The first-order valence-corrected chi connectivity index (χ1v) is 8.01. The number of piperidine rings is 1. The van der Waals surface area contributed by atoms with E-state index < -0.39 is 0 Å². The third kappa shape index (κ3) is 2.88. The molecule has 6 heteroatoms. The Hall–Kier alpha value is -1.82. The highest BCUT2D eigenvalue weighted by Gasteiger charge is 2.26. The zero-order valence-corrected chi connectivity index (χ0v) is 13.8. The van der Waals surface area contributed by atoms with Gasteiger partial charge in [0.15, 0.2) is 5.65 Å². The van der Waals surface area contributed by atoms with Crippen molar-refractivity contribution in [2.75, 3.05) is 17.6 Å². The van der Waals surface area contributed by atoms with Crippen molar-refractivity contribution in [3.8, 4) is 0 Å². The lowest BCUT2D eigenvalue weighted by atomic mass is 9.91. The summed E-state index contributed by atoms with van der Waals surface area (Å²) in [4.78, 5) is 4.73. The Kier molecular flexibility index (Phi) is 3.72. The van der Waals surface area contributed by atoms with Crippen LogP contribution in [0.3, 0.4) is 0 Å². The number of nitrogen functional groups attached to an aromatic ring is 1. The second kappa shape index (κ2) is 5.43. The van der Waals surface area contributed by atoms with Crippen LogP contribution in [0.15, 0.2) is 12.3 Å². The molecule has 0 saturated carbocycles. The molecule has 1 aliphatic rings. The van der Waals surface area contributed by atoms with Crippen LogP contribution in [-0.4, -0.2) is 32.7 Å². The molecule has 120 valence electrons. The van der Waals surface area contributed by atoms with Crippen molar-refractivity contribution < 1.29 is 0 Å². The number of anilines is 2. The molecule has 4 N–H and O–H groups in total. The molecule has 1 fully saturated rings. The molecule has 1 atom stereocenters. The number of nitrogens with zero attached hydrogens (tertiary/aromatic N) is 3. The van der Waals surface area contributed by atoms with Gasteiger partial charge < -0.3 is 16.4 Å². The van der Waals surface area contributed by atoms with Gasteiger partial charge in [0.1, 0.15) is 11.6 Å². The Labute approximate surface area is 131 Å². The summed E-state index contributed by atoms with van der Waals surface area (Å²) >= 11 is 0. The number of nitrogens with two attached hydrogens (primary N) is 1. The fraction of sp³-hybridized carbons (Fsp3) is 0.625. The zero-order chi connectivity index (χ0) is 15.9. The molecule has 2 aromatic rings. The van der Waals surface area contributed by atoms with Crippen LogP contribution in [0.2, 0.25) is 0 Å². The van der Waals surface area contributed by atoms with Crippen molar-refractivity contribution in [3.05, 3.63) is 17.8 Å². The zero-order valence-electron chi connectivity index (χ0n) is 13.8. The fourth-order valence-electron chi connectivity index (χ4n) is 2.94. The van der Waals surface area contributed by atoms with Crippen LogP contribution in [-0.2, 0) is 0 Å². The highest BCUT2D eigenvalue weighted by molar-refractivity contribution is 5.59. The number of hydrogen-bond acceptors (Lipinski definition) is 5. The summed E-state index contributed by atoms with van der Waals surface area (Å²) in [5.41, 5.74) is 8.32. The van der Waals surface area contributed by atoms with E-state index in [0.29, 0.717) is 17.8 Å². The first-order valence-electron chi connectivity index (χ1n) is 8.01. The number of rotatable bonds is 3. The molecule has 1 saturated heterocycles. The van der Waals surface area contributed by atoms with Gasteiger partial charge in [-0.15, -0.1) is 0 Å². The molecule has 22 heavy (non-hydrogen) atoms. The van der Waals surface area contributed by atoms with Crippen molar-refractivity contribution in [1.29, 1.82) is 0 Å². The summed E-state index contributed by atoms with van der Waals surface area (Å²) in [6.07, 6.45) is 4.13. The molecule has 0 radical (unpaired) electrons. The maximum atomic E-state index is 6.12. The van der Waals surface area contributed by atoms with Crippen molar-refractivity contribution >= 4 is 17.3 Å².